The smallest absolute Gasteiger partial charge is 0.338 e. The maximum atomic E-state index is 11.6. The standard InChI is InChI=1S/C20H24O6/c1-2-25-20(23)16-8-9-19(18(22)12-16)26-14-17(21)10-11-24-13-15-6-4-3-5-7-15/h3-9,12,17,21-22H,2,10-11,13-14H2,1H3. The average Bonchev–Trinajstić information content (AvgIpc) is 2.65. The number of benzene rings is 2. The van der Waals surface area contributed by atoms with Crippen LogP contribution in [-0.2, 0) is 16.1 Å². The van der Waals surface area contributed by atoms with Crippen molar-refractivity contribution < 1.29 is 29.2 Å². The Hall–Kier alpha value is -2.57. The molecule has 2 rings (SSSR count). The van der Waals surface area contributed by atoms with Gasteiger partial charge in [-0.25, -0.2) is 4.79 Å². The van der Waals surface area contributed by atoms with Crippen LogP contribution in [-0.4, -0.2) is 42.1 Å². The fourth-order valence-electron chi connectivity index (χ4n) is 2.23. The van der Waals surface area contributed by atoms with E-state index in [1.165, 1.54) is 18.2 Å². The molecule has 0 fully saturated rings. The highest BCUT2D eigenvalue weighted by atomic mass is 16.5. The third-order valence-electron chi connectivity index (χ3n) is 3.61. The summed E-state index contributed by atoms with van der Waals surface area (Å²) in [6.07, 6.45) is -0.316. The van der Waals surface area contributed by atoms with Crippen molar-refractivity contribution in [1.29, 1.82) is 0 Å². The van der Waals surface area contributed by atoms with Gasteiger partial charge in [-0.15, -0.1) is 0 Å². The number of carbonyl (C=O) groups excluding carboxylic acids is 1. The fourth-order valence-corrected chi connectivity index (χ4v) is 2.23. The molecule has 0 aliphatic carbocycles. The van der Waals surface area contributed by atoms with Crippen molar-refractivity contribution >= 4 is 5.97 Å². The molecule has 1 atom stereocenters. The highest BCUT2D eigenvalue weighted by Crippen LogP contribution is 2.27. The lowest BCUT2D eigenvalue weighted by Gasteiger charge is -2.14. The fraction of sp³-hybridized carbons (Fsp3) is 0.350. The van der Waals surface area contributed by atoms with Crippen LogP contribution < -0.4 is 4.74 Å². The number of aliphatic hydroxyl groups is 1. The molecule has 2 aromatic carbocycles. The summed E-state index contributed by atoms with van der Waals surface area (Å²) in [6.45, 7) is 2.87. The molecule has 0 aliphatic heterocycles. The molecule has 26 heavy (non-hydrogen) atoms. The Labute approximate surface area is 152 Å². The van der Waals surface area contributed by atoms with Gasteiger partial charge in [0.05, 0.1) is 24.9 Å². The molecule has 140 valence electrons. The first-order valence-corrected chi connectivity index (χ1v) is 8.52. The Balaban J connectivity index is 1.71. The van der Waals surface area contributed by atoms with Crippen LogP contribution in [0.15, 0.2) is 48.5 Å². The number of hydrogen-bond acceptors (Lipinski definition) is 6. The van der Waals surface area contributed by atoms with Gasteiger partial charge in [-0.2, -0.15) is 0 Å². The zero-order valence-electron chi connectivity index (χ0n) is 14.8. The monoisotopic (exact) mass is 360 g/mol. The third-order valence-corrected chi connectivity index (χ3v) is 3.61. The molecule has 0 radical (unpaired) electrons. The van der Waals surface area contributed by atoms with Crippen LogP contribution in [0.2, 0.25) is 0 Å². The van der Waals surface area contributed by atoms with Crippen LogP contribution in [0.25, 0.3) is 0 Å². The second-order valence-corrected chi connectivity index (χ2v) is 5.69. The van der Waals surface area contributed by atoms with Crippen molar-refractivity contribution in [2.24, 2.45) is 0 Å². The molecule has 6 nitrogen and oxygen atoms in total. The first kappa shape index (κ1) is 19.8. The Morgan fingerprint density at radius 2 is 1.92 bits per heavy atom. The van der Waals surface area contributed by atoms with Crippen molar-refractivity contribution in [3.63, 3.8) is 0 Å². The van der Waals surface area contributed by atoms with Gasteiger partial charge in [-0.1, -0.05) is 30.3 Å². The molecular formula is C20H24O6. The van der Waals surface area contributed by atoms with Crippen LogP contribution in [0.4, 0.5) is 0 Å². The van der Waals surface area contributed by atoms with E-state index >= 15 is 0 Å². The maximum absolute atomic E-state index is 11.6. The predicted octanol–water partition coefficient (Wildman–Crippen LogP) is 2.92. The summed E-state index contributed by atoms with van der Waals surface area (Å²) in [5, 5.41) is 19.9. The number of esters is 1. The Bertz CT molecular complexity index is 686. The molecular weight excluding hydrogens is 336 g/mol. The number of aliphatic hydroxyl groups excluding tert-OH is 1. The number of carbonyl (C=O) groups is 1. The van der Waals surface area contributed by atoms with Crippen molar-refractivity contribution in [3.05, 3.63) is 59.7 Å². The van der Waals surface area contributed by atoms with Gasteiger partial charge in [0.2, 0.25) is 0 Å². The van der Waals surface area contributed by atoms with Gasteiger partial charge in [-0.05, 0) is 30.7 Å². The Kier molecular flexibility index (Phi) is 7.92. The molecule has 0 aromatic heterocycles. The van der Waals surface area contributed by atoms with E-state index in [9.17, 15) is 15.0 Å². The van der Waals surface area contributed by atoms with Gasteiger partial charge in [-0.3, -0.25) is 0 Å². The number of phenolic OH excluding ortho intramolecular Hbond substituents is 1. The molecule has 2 aromatic rings. The maximum Gasteiger partial charge on any atom is 0.338 e. The van der Waals surface area contributed by atoms with E-state index in [2.05, 4.69) is 0 Å². The second-order valence-electron chi connectivity index (χ2n) is 5.69. The molecule has 0 bridgehead atoms. The quantitative estimate of drug-likeness (QED) is 0.501. The largest absolute Gasteiger partial charge is 0.504 e. The number of hydrogen-bond donors (Lipinski definition) is 2. The molecule has 2 N–H and O–H groups in total. The number of ether oxygens (including phenoxy) is 3. The van der Waals surface area contributed by atoms with Gasteiger partial charge in [0.15, 0.2) is 11.5 Å². The lowest BCUT2D eigenvalue weighted by molar-refractivity contribution is 0.0488. The van der Waals surface area contributed by atoms with Gasteiger partial charge in [0.25, 0.3) is 0 Å². The minimum absolute atomic E-state index is 0.0149. The molecule has 0 saturated carbocycles. The van der Waals surface area contributed by atoms with E-state index in [1.807, 2.05) is 30.3 Å². The van der Waals surface area contributed by atoms with Crippen LogP contribution in [0.3, 0.4) is 0 Å². The summed E-state index contributed by atoms with van der Waals surface area (Å²) in [7, 11) is 0. The lowest BCUT2D eigenvalue weighted by atomic mass is 10.2. The molecule has 1 unspecified atom stereocenters. The summed E-state index contributed by atoms with van der Waals surface area (Å²) < 4.78 is 15.8. The van der Waals surface area contributed by atoms with Crippen molar-refractivity contribution in [1.82, 2.24) is 0 Å². The van der Waals surface area contributed by atoms with Crippen molar-refractivity contribution in [2.45, 2.75) is 26.1 Å². The first-order chi connectivity index (χ1) is 12.6. The third kappa shape index (κ3) is 6.38. The van der Waals surface area contributed by atoms with E-state index in [0.717, 1.165) is 5.56 Å². The summed E-state index contributed by atoms with van der Waals surface area (Å²) >= 11 is 0. The number of rotatable bonds is 10. The van der Waals surface area contributed by atoms with E-state index < -0.39 is 12.1 Å². The minimum Gasteiger partial charge on any atom is -0.504 e. The normalized spacial score (nSPS) is 11.8. The van der Waals surface area contributed by atoms with E-state index in [1.54, 1.807) is 6.92 Å². The van der Waals surface area contributed by atoms with Crippen LogP contribution in [0, 0.1) is 0 Å². The first-order valence-electron chi connectivity index (χ1n) is 8.52. The average molecular weight is 360 g/mol. The number of aromatic hydroxyl groups is 1. The highest BCUT2D eigenvalue weighted by Gasteiger charge is 2.12. The van der Waals surface area contributed by atoms with Gasteiger partial charge >= 0.3 is 5.97 Å². The Morgan fingerprint density at radius 1 is 1.15 bits per heavy atom. The molecule has 0 saturated heterocycles. The van der Waals surface area contributed by atoms with Gasteiger partial charge in [0, 0.05) is 13.0 Å². The zero-order chi connectivity index (χ0) is 18.8. The van der Waals surface area contributed by atoms with Crippen molar-refractivity contribution in [3.8, 4) is 11.5 Å². The SMILES string of the molecule is CCOC(=O)c1ccc(OCC(O)CCOCc2ccccc2)c(O)c1. The minimum atomic E-state index is -0.727. The topological polar surface area (TPSA) is 85.2 Å². The van der Waals surface area contributed by atoms with Crippen LogP contribution >= 0.6 is 0 Å². The summed E-state index contributed by atoms with van der Waals surface area (Å²) in [6, 6.07) is 14.0. The Morgan fingerprint density at radius 3 is 2.62 bits per heavy atom. The highest BCUT2D eigenvalue weighted by molar-refractivity contribution is 5.90. The lowest BCUT2D eigenvalue weighted by Crippen LogP contribution is -2.19. The molecule has 0 aliphatic rings. The van der Waals surface area contributed by atoms with Crippen LogP contribution in [0.5, 0.6) is 11.5 Å². The number of phenols is 1. The molecule has 0 amide bonds. The second kappa shape index (κ2) is 10.4. The van der Waals surface area contributed by atoms with E-state index in [-0.39, 0.29) is 30.3 Å². The van der Waals surface area contributed by atoms with Crippen LogP contribution in [0.1, 0.15) is 29.3 Å². The predicted molar refractivity (Wildman–Crippen MR) is 96.3 cm³/mol. The van der Waals surface area contributed by atoms with E-state index in [4.69, 9.17) is 14.2 Å². The molecule has 6 heteroatoms. The zero-order valence-corrected chi connectivity index (χ0v) is 14.8. The molecule has 0 heterocycles. The summed E-state index contributed by atoms with van der Waals surface area (Å²) in [5.41, 5.74) is 1.32. The van der Waals surface area contributed by atoms with Crippen molar-refractivity contribution in [2.75, 3.05) is 19.8 Å². The van der Waals surface area contributed by atoms with Gasteiger partial charge < -0.3 is 24.4 Å². The van der Waals surface area contributed by atoms with Gasteiger partial charge in [0.1, 0.15) is 6.61 Å². The summed E-state index contributed by atoms with van der Waals surface area (Å²) in [4.78, 5) is 11.6. The molecule has 0 spiro atoms. The van der Waals surface area contributed by atoms with E-state index in [0.29, 0.717) is 19.6 Å². The summed E-state index contributed by atoms with van der Waals surface area (Å²) in [5.74, 6) is -0.490.